The molecule has 2 rings (SSSR count). The van der Waals surface area contributed by atoms with Gasteiger partial charge in [0.25, 0.3) is 0 Å². The highest BCUT2D eigenvalue weighted by Crippen LogP contribution is 2.16. The highest BCUT2D eigenvalue weighted by molar-refractivity contribution is 6.31. The van der Waals surface area contributed by atoms with Crippen molar-refractivity contribution in [3.63, 3.8) is 0 Å². The van der Waals surface area contributed by atoms with Gasteiger partial charge in [-0.2, -0.15) is 5.10 Å². The van der Waals surface area contributed by atoms with Gasteiger partial charge in [-0.1, -0.05) is 17.7 Å². The van der Waals surface area contributed by atoms with Crippen molar-refractivity contribution in [2.75, 3.05) is 5.73 Å². The van der Waals surface area contributed by atoms with Gasteiger partial charge >= 0.3 is 0 Å². The van der Waals surface area contributed by atoms with Gasteiger partial charge in [-0.05, 0) is 13.0 Å². The minimum Gasteiger partial charge on any atom is -0.383 e. The normalized spacial score (nSPS) is 10.5. The van der Waals surface area contributed by atoms with Crippen molar-refractivity contribution in [3.8, 4) is 0 Å². The Morgan fingerprint density at radius 1 is 1.53 bits per heavy atom. The number of nitrogens with zero attached hydrogens (tertiary/aromatic N) is 3. The third-order valence-electron chi connectivity index (χ3n) is 2.29. The van der Waals surface area contributed by atoms with Crippen molar-refractivity contribution in [2.24, 2.45) is 0 Å². The molecule has 4 nitrogen and oxygen atoms in total. The maximum absolute atomic E-state index is 5.91. The predicted molar refractivity (Wildman–Crippen MR) is 59.7 cm³/mol. The topological polar surface area (TPSA) is 56.7 Å². The summed E-state index contributed by atoms with van der Waals surface area (Å²) in [5, 5.41) is 4.82. The van der Waals surface area contributed by atoms with Crippen LogP contribution in [-0.2, 0) is 6.54 Å². The average Bonchev–Trinajstić information content (AvgIpc) is 2.53. The fourth-order valence-electron chi connectivity index (χ4n) is 1.33. The Bertz CT molecular complexity index is 478. The van der Waals surface area contributed by atoms with Crippen molar-refractivity contribution in [1.29, 1.82) is 0 Å². The lowest BCUT2D eigenvalue weighted by atomic mass is 10.2. The zero-order chi connectivity index (χ0) is 10.8. The third kappa shape index (κ3) is 1.94. The summed E-state index contributed by atoms with van der Waals surface area (Å²) in [5.41, 5.74) is 7.62. The molecular weight excluding hydrogens is 212 g/mol. The van der Waals surface area contributed by atoms with Crippen LogP contribution in [0.5, 0.6) is 0 Å². The number of aromatic nitrogens is 3. The molecule has 2 heterocycles. The lowest BCUT2D eigenvalue weighted by Crippen LogP contribution is -2.06. The van der Waals surface area contributed by atoms with Gasteiger partial charge in [0.1, 0.15) is 5.82 Å². The Kier molecular flexibility index (Phi) is 2.60. The van der Waals surface area contributed by atoms with Crippen LogP contribution in [0.15, 0.2) is 24.5 Å². The fourth-order valence-corrected chi connectivity index (χ4v) is 1.47. The van der Waals surface area contributed by atoms with E-state index in [4.69, 9.17) is 17.3 Å². The molecule has 78 valence electrons. The quantitative estimate of drug-likeness (QED) is 0.844. The van der Waals surface area contributed by atoms with Crippen LogP contribution >= 0.6 is 11.6 Å². The van der Waals surface area contributed by atoms with Gasteiger partial charge in [-0.25, -0.2) is 4.98 Å². The zero-order valence-corrected chi connectivity index (χ0v) is 9.07. The van der Waals surface area contributed by atoms with Gasteiger partial charge in [-0.3, -0.25) is 4.68 Å². The molecule has 0 aliphatic rings. The van der Waals surface area contributed by atoms with Crippen LogP contribution in [0.25, 0.3) is 0 Å². The Hall–Kier alpha value is -1.55. The molecule has 2 aromatic rings. The summed E-state index contributed by atoms with van der Waals surface area (Å²) in [6.45, 7) is 2.51. The van der Waals surface area contributed by atoms with E-state index in [0.29, 0.717) is 17.4 Å². The van der Waals surface area contributed by atoms with Gasteiger partial charge in [0.05, 0.1) is 23.5 Å². The number of pyridine rings is 1. The molecule has 0 radical (unpaired) electrons. The average molecular weight is 223 g/mol. The second kappa shape index (κ2) is 3.90. The molecule has 0 unspecified atom stereocenters. The van der Waals surface area contributed by atoms with E-state index in [0.717, 1.165) is 11.3 Å². The SMILES string of the molecule is Cc1c(Cl)cnn1Cc1cccnc1N. The van der Waals surface area contributed by atoms with E-state index in [2.05, 4.69) is 10.1 Å². The van der Waals surface area contributed by atoms with E-state index < -0.39 is 0 Å². The molecule has 0 saturated heterocycles. The molecule has 0 aliphatic heterocycles. The summed E-state index contributed by atoms with van der Waals surface area (Å²) in [4.78, 5) is 4.02. The number of anilines is 1. The summed E-state index contributed by atoms with van der Waals surface area (Å²) in [6, 6.07) is 3.78. The maximum atomic E-state index is 5.91. The Morgan fingerprint density at radius 2 is 2.33 bits per heavy atom. The van der Waals surface area contributed by atoms with Gasteiger partial charge in [-0.15, -0.1) is 0 Å². The molecule has 5 heteroatoms. The van der Waals surface area contributed by atoms with Crippen molar-refractivity contribution >= 4 is 17.4 Å². The molecule has 0 fully saturated rings. The maximum Gasteiger partial charge on any atom is 0.128 e. The van der Waals surface area contributed by atoms with Gasteiger partial charge in [0.2, 0.25) is 0 Å². The zero-order valence-electron chi connectivity index (χ0n) is 8.31. The highest BCUT2D eigenvalue weighted by Gasteiger charge is 2.06. The second-order valence-electron chi connectivity index (χ2n) is 3.28. The van der Waals surface area contributed by atoms with Crippen molar-refractivity contribution in [2.45, 2.75) is 13.5 Å². The van der Waals surface area contributed by atoms with Crippen LogP contribution in [-0.4, -0.2) is 14.8 Å². The summed E-state index contributed by atoms with van der Waals surface area (Å²) in [5.74, 6) is 0.531. The Morgan fingerprint density at radius 3 is 2.93 bits per heavy atom. The number of hydrogen-bond acceptors (Lipinski definition) is 3. The molecule has 0 amide bonds. The number of halogens is 1. The van der Waals surface area contributed by atoms with Gasteiger partial charge in [0.15, 0.2) is 0 Å². The van der Waals surface area contributed by atoms with E-state index in [9.17, 15) is 0 Å². The summed E-state index contributed by atoms with van der Waals surface area (Å²) < 4.78 is 1.80. The first kappa shape index (κ1) is 9.98. The minimum atomic E-state index is 0.531. The summed E-state index contributed by atoms with van der Waals surface area (Å²) in [6.07, 6.45) is 3.30. The second-order valence-corrected chi connectivity index (χ2v) is 3.69. The Labute approximate surface area is 92.7 Å². The lowest BCUT2D eigenvalue weighted by molar-refractivity contribution is 0.665. The number of nitrogen functional groups attached to an aromatic ring is 1. The molecule has 0 bridgehead atoms. The van der Waals surface area contributed by atoms with E-state index in [1.807, 2.05) is 19.1 Å². The summed E-state index contributed by atoms with van der Waals surface area (Å²) in [7, 11) is 0. The van der Waals surface area contributed by atoms with Crippen molar-refractivity contribution in [3.05, 3.63) is 40.8 Å². The monoisotopic (exact) mass is 222 g/mol. The van der Waals surface area contributed by atoms with Crippen LogP contribution in [0.3, 0.4) is 0 Å². The van der Waals surface area contributed by atoms with Gasteiger partial charge < -0.3 is 5.73 Å². The number of rotatable bonds is 2. The molecular formula is C10H11ClN4. The molecule has 0 saturated carbocycles. The molecule has 15 heavy (non-hydrogen) atoms. The molecule has 2 aromatic heterocycles. The van der Waals surface area contributed by atoms with E-state index in [1.54, 1.807) is 17.1 Å². The first-order valence-corrected chi connectivity index (χ1v) is 4.93. The molecule has 0 spiro atoms. The number of nitrogens with two attached hydrogens (primary N) is 1. The van der Waals surface area contributed by atoms with Crippen LogP contribution in [0.2, 0.25) is 5.02 Å². The van der Waals surface area contributed by atoms with E-state index in [-0.39, 0.29) is 0 Å². The van der Waals surface area contributed by atoms with E-state index in [1.165, 1.54) is 0 Å². The predicted octanol–water partition coefficient (Wildman–Crippen LogP) is 1.87. The van der Waals surface area contributed by atoms with Crippen molar-refractivity contribution in [1.82, 2.24) is 14.8 Å². The fraction of sp³-hybridized carbons (Fsp3) is 0.200. The molecule has 2 N–H and O–H groups in total. The molecule has 0 aromatic carbocycles. The summed E-state index contributed by atoms with van der Waals surface area (Å²) >= 11 is 5.91. The van der Waals surface area contributed by atoms with Crippen LogP contribution in [0.1, 0.15) is 11.3 Å². The van der Waals surface area contributed by atoms with Crippen molar-refractivity contribution < 1.29 is 0 Å². The van der Waals surface area contributed by atoms with Crippen LogP contribution in [0, 0.1) is 6.92 Å². The first-order valence-electron chi connectivity index (χ1n) is 4.56. The van der Waals surface area contributed by atoms with Crippen LogP contribution < -0.4 is 5.73 Å². The smallest absolute Gasteiger partial charge is 0.128 e. The Balaban J connectivity index is 2.30. The first-order chi connectivity index (χ1) is 7.18. The highest BCUT2D eigenvalue weighted by atomic mass is 35.5. The lowest BCUT2D eigenvalue weighted by Gasteiger charge is -2.06. The number of hydrogen-bond donors (Lipinski definition) is 1. The standard InChI is InChI=1S/C10H11ClN4/c1-7-9(11)5-14-15(7)6-8-3-2-4-13-10(8)12/h2-5H,6H2,1H3,(H2,12,13). The minimum absolute atomic E-state index is 0.531. The van der Waals surface area contributed by atoms with Gasteiger partial charge in [0, 0.05) is 11.8 Å². The van der Waals surface area contributed by atoms with Crippen LogP contribution in [0.4, 0.5) is 5.82 Å². The largest absolute Gasteiger partial charge is 0.383 e. The molecule has 0 aliphatic carbocycles. The molecule has 0 atom stereocenters. The van der Waals surface area contributed by atoms with E-state index >= 15 is 0 Å². The third-order valence-corrected chi connectivity index (χ3v) is 2.66.